The van der Waals surface area contributed by atoms with Crippen LogP contribution in [0.2, 0.25) is 0 Å². The lowest BCUT2D eigenvalue weighted by Gasteiger charge is -2.02. The molecule has 0 saturated carbocycles. The number of aromatic nitrogens is 2. The van der Waals surface area contributed by atoms with Crippen LogP contribution in [-0.4, -0.2) is 16.7 Å². The molecule has 1 aromatic carbocycles. The number of benzene rings is 1. The van der Waals surface area contributed by atoms with E-state index in [2.05, 4.69) is 10.1 Å². The zero-order valence-electron chi connectivity index (χ0n) is 9.91. The van der Waals surface area contributed by atoms with E-state index < -0.39 is 0 Å². The average Bonchev–Trinajstić information content (AvgIpc) is 3.08. The lowest BCUT2D eigenvalue weighted by Crippen LogP contribution is -1.99. The molecule has 2 heterocycles. The van der Waals surface area contributed by atoms with Crippen molar-refractivity contribution in [2.45, 2.75) is 25.6 Å². The fourth-order valence-electron chi connectivity index (χ4n) is 1.89. The highest BCUT2D eigenvalue weighted by molar-refractivity contribution is 5.20. The Balaban J connectivity index is 1.60. The summed E-state index contributed by atoms with van der Waals surface area (Å²) < 4.78 is 16.2. The molecule has 1 aliphatic rings. The van der Waals surface area contributed by atoms with Crippen molar-refractivity contribution in [1.82, 2.24) is 10.1 Å². The van der Waals surface area contributed by atoms with Crippen LogP contribution in [0.5, 0.6) is 5.75 Å². The van der Waals surface area contributed by atoms with E-state index >= 15 is 0 Å². The molecule has 1 atom stereocenters. The SMILES string of the molecule is c1ccc(OCc2noc([C@H]3CCCO3)n2)cc1. The smallest absolute Gasteiger partial charge is 0.255 e. The van der Waals surface area contributed by atoms with E-state index in [0.29, 0.717) is 18.3 Å². The van der Waals surface area contributed by atoms with E-state index in [0.717, 1.165) is 25.2 Å². The molecule has 2 aromatic rings. The molecular formula is C13H14N2O3. The molecule has 0 radical (unpaired) electrons. The number of hydrogen-bond acceptors (Lipinski definition) is 5. The van der Waals surface area contributed by atoms with Crippen LogP contribution in [0, 0.1) is 0 Å². The second-order valence-corrected chi connectivity index (χ2v) is 4.15. The van der Waals surface area contributed by atoms with Gasteiger partial charge in [-0.2, -0.15) is 4.98 Å². The van der Waals surface area contributed by atoms with Gasteiger partial charge in [0.2, 0.25) is 5.82 Å². The summed E-state index contributed by atoms with van der Waals surface area (Å²) in [5, 5.41) is 3.88. The van der Waals surface area contributed by atoms with Crippen LogP contribution in [0.3, 0.4) is 0 Å². The van der Waals surface area contributed by atoms with Crippen molar-refractivity contribution in [3.05, 3.63) is 42.0 Å². The first-order valence-corrected chi connectivity index (χ1v) is 6.04. The standard InChI is InChI=1S/C13H14N2O3/c1-2-5-10(6-3-1)17-9-12-14-13(18-15-12)11-7-4-8-16-11/h1-3,5-6,11H,4,7-9H2/t11-/m1/s1. The molecule has 5 heteroatoms. The van der Waals surface area contributed by atoms with Gasteiger partial charge < -0.3 is 14.0 Å². The van der Waals surface area contributed by atoms with Crippen LogP contribution < -0.4 is 4.74 Å². The van der Waals surface area contributed by atoms with Crippen molar-refractivity contribution in [2.75, 3.05) is 6.61 Å². The number of hydrogen-bond donors (Lipinski definition) is 0. The Bertz CT molecular complexity index is 492. The maximum absolute atomic E-state index is 5.54. The molecule has 5 nitrogen and oxygen atoms in total. The highest BCUT2D eigenvalue weighted by Crippen LogP contribution is 2.26. The minimum atomic E-state index is -0.0389. The van der Waals surface area contributed by atoms with Gasteiger partial charge in [-0.3, -0.25) is 0 Å². The van der Waals surface area contributed by atoms with Gasteiger partial charge in [0.15, 0.2) is 6.61 Å². The van der Waals surface area contributed by atoms with Crippen molar-refractivity contribution >= 4 is 0 Å². The molecule has 0 aliphatic carbocycles. The van der Waals surface area contributed by atoms with E-state index in [4.69, 9.17) is 14.0 Å². The summed E-state index contributed by atoms with van der Waals surface area (Å²) in [6.45, 7) is 1.07. The van der Waals surface area contributed by atoms with Gasteiger partial charge in [-0.15, -0.1) is 0 Å². The highest BCUT2D eigenvalue weighted by atomic mass is 16.5. The van der Waals surface area contributed by atoms with Crippen LogP contribution in [-0.2, 0) is 11.3 Å². The van der Waals surface area contributed by atoms with Crippen molar-refractivity contribution < 1.29 is 14.0 Å². The predicted molar refractivity (Wildman–Crippen MR) is 63.0 cm³/mol. The molecule has 1 saturated heterocycles. The first-order valence-electron chi connectivity index (χ1n) is 6.04. The second kappa shape index (κ2) is 5.18. The summed E-state index contributed by atoms with van der Waals surface area (Å²) in [4.78, 5) is 4.28. The topological polar surface area (TPSA) is 57.4 Å². The zero-order chi connectivity index (χ0) is 12.2. The van der Waals surface area contributed by atoms with E-state index in [1.165, 1.54) is 0 Å². The summed E-state index contributed by atoms with van der Waals surface area (Å²) in [6, 6.07) is 9.56. The lowest BCUT2D eigenvalue weighted by atomic mass is 10.2. The van der Waals surface area contributed by atoms with Crippen molar-refractivity contribution in [3.63, 3.8) is 0 Å². The molecule has 1 aromatic heterocycles. The summed E-state index contributed by atoms with van der Waals surface area (Å²) >= 11 is 0. The Labute approximate surface area is 105 Å². The Kier molecular flexibility index (Phi) is 3.23. The maximum atomic E-state index is 5.54. The van der Waals surface area contributed by atoms with Crippen LogP contribution in [0.25, 0.3) is 0 Å². The van der Waals surface area contributed by atoms with Gasteiger partial charge in [-0.25, -0.2) is 0 Å². The molecule has 18 heavy (non-hydrogen) atoms. The molecule has 1 aliphatic heterocycles. The first-order chi connectivity index (χ1) is 8.92. The fraction of sp³-hybridized carbons (Fsp3) is 0.385. The van der Waals surface area contributed by atoms with Gasteiger partial charge >= 0.3 is 0 Å². The molecule has 0 amide bonds. The van der Waals surface area contributed by atoms with Gasteiger partial charge in [-0.1, -0.05) is 23.4 Å². The normalized spacial score (nSPS) is 19.0. The van der Waals surface area contributed by atoms with Crippen molar-refractivity contribution in [2.24, 2.45) is 0 Å². The third-order valence-electron chi connectivity index (χ3n) is 2.80. The van der Waals surface area contributed by atoms with E-state index in [1.54, 1.807) is 0 Å². The third-order valence-corrected chi connectivity index (χ3v) is 2.80. The molecule has 1 fully saturated rings. The van der Waals surface area contributed by atoms with Gasteiger partial charge in [0.05, 0.1) is 0 Å². The maximum Gasteiger partial charge on any atom is 0.255 e. The Morgan fingerprint density at radius 1 is 1.28 bits per heavy atom. The van der Waals surface area contributed by atoms with Crippen molar-refractivity contribution in [1.29, 1.82) is 0 Å². The molecule has 0 spiro atoms. The van der Waals surface area contributed by atoms with Gasteiger partial charge in [0, 0.05) is 6.61 Å². The third kappa shape index (κ3) is 2.51. The fourth-order valence-corrected chi connectivity index (χ4v) is 1.89. The predicted octanol–water partition coefficient (Wildman–Crippen LogP) is 2.50. The van der Waals surface area contributed by atoms with Crippen LogP contribution >= 0.6 is 0 Å². The van der Waals surface area contributed by atoms with Crippen LogP contribution in [0.15, 0.2) is 34.9 Å². The summed E-state index contributed by atoms with van der Waals surface area (Å²) in [5.41, 5.74) is 0. The number of ether oxygens (including phenoxy) is 2. The summed E-state index contributed by atoms with van der Waals surface area (Å²) in [7, 11) is 0. The lowest BCUT2D eigenvalue weighted by molar-refractivity contribution is 0.0835. The molecule has 0 N–H and O–H groups in total. The van der Waals surface area contributed by atoms with Crippen molar-refractivity contribution in [3.8, 4) is 5.75 Å². The summed E-state index contributed by atoms with van der Waals surface area (Å²) in [5.74, 6) is 1.89. The molecule has 0 unspecified atom stereocenters. The second-order valence-electron chi connectivity index (χ2n) is 4.15. The van der Waals surface area contributed by atoms with Crippen LogP contribution in [0.4, 0.5) is 0 Å². The van der Waals surface area contributed by atoms with E-state index in [1.807, 2.05) is 30.3 Å². The number of para-hydroxylation sites is 1. The molecule has 0 bridgehead atoms. The highest BCUT2D eigenvalue weighted by Gasteiger charge is 2.23. The first kappa shape index (κ1) is 11.2. The number of nitrogens with zero attached hydrogens (tertiary/aromatic N) is 2. The monoisotopic (exact) mass is 246 g/mol. The molecular weight excluding hydrogens is 232 g/mol. The van der Waals surface area contributed by atoms with Crippen LogP contribution in [0.1, 0.15) is 30.7 Å². The van der Waals surface area contributed by atoms with E-state index in [9.17, 15) is 0 Å². The van der Waals surface area contributed by atoms with Gasteiger partial charge in [-0.05, 0) is 25.0 Å². The zero-order valence-corrected chi connectivity index (χ0v) is 9.91. The number of rotatable bonds is 4. The Hall–Kier alpha value is -1.88. The molecule has 94 valence electrons. The minimum Gasteiger partial charge on any atom is -0.485 e. The largest absolute Gasteiger partial charge is 0.485 e. The summed E-state index contributed by atoms with van der Waals surface area (Å²) in [6.07, 6.45) is 1.95. The van der Waals surface area contributed by atoms with E-state index in [-0.39, 0.29) is 6.10 Å². The van der Waals surface area contributed by atoms with Gasteiger partial charge in [0.1, 0.15) is 11.9 Å². The minimum absolute atomic E-state index is 0.0389. The Morgan fingerprint density at radius 2 is 2.17 bits per heavy atom. The average molecular weight is 246 g/mol. The van der Waals surface area contributed by atoms with Gasteiger partial charge in [0.25, 0.3) is 5.89 Å². The molecule has 3 rings (SSSR count). The Morgan fingerprint density at radius 3 is 2.94 bits per heavy atom. The quantitative estimate of drug-likeness (QED) is 0.829.